The summed E-state index contributed by atoms with van der Waals surface area (Å²) in [6.07, 6.45) is 5.67. The van der Waals surface area contributed by atoms with Gasteiger partial charge >= 0.3 is 0 Å². The third kappa shape index (κ3) is 2.77. The van der Waals surface area contributed by atoms with E-state index in [9.17, 15) is 4.79 Å². The quantitative estimate of drug-likeness (QED) is 0.880. The van der Waals surface area contributed by atoms with E-state index in [4.69, 9.17) is 0 Å². The Morgan fingerprint density at radius 2 is 2.25 bits per heavy atom. The minimum atomic E-state index is 0.137. The Labute approximate surface area is 125 Å². The van der Waals surface area contributed by atoms with Crippen molar-refractivity contribution in [2.75, 3.05) is 6.54 Å². The van der Waals surface area contributed by atoms with E-state index < -0.39 is 0 Å². The predicted molar refractivity (Wildman–Crippen MR) is 83.5 cm³/mol. The van der Waals surface area contributed by atoms with Gasteiger partial charge in [0, 0.05) is 22.3 Å². The highest BCUT2D eigenvalue weighted by Gasteiger charge is 2.27. The summed E-state index contributed by atoms with van der Waals surface area (Å²) in [4.78, 5) is 14.0. The molecule has 2 heterocycles. The van der Waals surface area contributed by atoms with Crippen molar-refractivity contribution in [1.82, 2.24) is 10.6 Å². The van der Waals surface area contributed by atoms with Crippen LogP contribution in [0, 0.1) is 5.92 Å². The largest absolute Gasteiger partial charge is 0.348 e. The Bertz CT molecular complexity index is 497. The average molecular weight is 292 g/mol. The molecule has 2 aliphatic rings. The molecule has 2 N–H and O–H groups in total. The molecule has 3 unspecified atom stereocenters. The van der Waals surface area contributed by atoms with Crippen LogP contribution < -0.4 is 10.6 Å². The Morgan fingerprint density at radius 1 is 1.40 bits per heavy atom. The van der Waals surface area contributed by atoms with Crippen LogP contribution in [0.5, 0.6) is 0 Å². The SMILES string of the molecule is CC1CCc2c(C(=O)NC3CCCNC3C)csc2C1. The number of carbonyl (C=O) groups excluding carboxylic acids is 1. The Hall–Kier alpha value is -0.870. The Kier molecular flexibility index (Phi) is 4.13. The summed E-state index contributed by atoms with van der Waals surface area (Å²) in [5, 5.41) is 8.74. The number of rotatable bonds is 2. The van der Waals surface area contributed by atoms with Gasteiger partial charge in [-0.1, -0.05) is 6.92 Å². The third-order valence-electron chi connectivity index (χ3n) is 4.72. The lowest BCUT2D eigenvalue weighted by Crippen LogP contribution is -2.52. The van der Waals surface area contributed by atoms with Crippen molar-refractivity contribution in [1.29, 1.82) is 0 Å². The molecule has 3 atom stereocenters. The van der Waals surface area contributed by atoms with Crippen molar-refractivity contribution in [3.05, 3.63) is 21.4 Å². The molecule has 20 heavy (non-hydrogen) atoms. The van der Waals surface area contributed by atoms with Crippen molar-refractivity contribution in [3.8, 4) is 0 Å². The van der Waals surface area contributed by atoms with Crippen molar-refractivity contribution in [3.63, 3.8) is 0 Å². The second-order valence-corrected chi connectivity index (χ2v) is 7.33. The first-order valence-corrected chi connectivity index (χ1v) is 8.66. The second-order valence-electron chi connectivity index (χ2n) is 6.36. The van der Waals surface area contributed by atoms with Gasteiger partial charge in [-0.2, -0.15) is 0 Å². The van der Waals surface area contributed by atoms with E-state index in [1.54, 1.807) is 11.3 Å². The van der Waals surface area contributed by atoms with E-state index in [0.717, 1.165) is 43.7 Å². The maximum Gasteiger partial charge on any atom is 0.252 e. The van der Waals surface area contributed by atoms with Crippen molar-refractivity contribution >= 4 is 17.2 Å². The van der Waals surface area contributed by atoms with Crippen molar-refractivity contribution < 1.29 is 4.79 Å². The lowest BCUT2D eigenvalue weighted by atomic mass is 9.88. The van der Waals surface area contributed by atoms with E-state index in [1.165, 1.54) is 16.9 Å². The fourth-order valence-corrected chi connectivity index (χ4v) is 4.60. The molecule has 4 heteroatoms. The summed E-state index contributed by atoms with van der Waals surface area (Å²) in [5.41, 5.74) is 2.26. The van der Waals surface area contributed by atoms with Gasteiger partial charge in [0.2, 0.25) is 0 Å². The highest BCUT2D eigenvalue weighted by molar-refractivity contribution is 7.10. The molecule has 1 saturated heterocycles. The Morgan fingerprint density at radius 3 is 3.05 bits per heavy atom. The van der Waals surface area contributed by atoms with Gasteiger partial charge in [0.25, 0.3) is 5.91 Å². The van der Waals surface area contributed by atoms with E-state index in [-0.39, 0.29) is 11.9 Å². The van der Waals surface area contributed by atoms with Crippen LogP contribution in [0.25, 0.3) is 0 Å². The van der Waals surface area contributed by atoms with E-state index in [0.29, 0.717) is 6.04 Å². The molecule has 0 radical (unpaired) electrons. The molecule has 0 saturated carbocycles. The first-order chi connectivity index (χ1) is 9.65. The van der Waals surface area contributed by atoms with Crippen LogP contribution in [-0.2, 0) is 12.8 Å². The fourth-order valence-electron chi connectivity index (χ4n) is 3.36. The molecular formula is C16H24N2OS. The first-order valence-electron chi connectivity index (χ1n) is 7.78. The lowest BCUT2D eigenvalue weighted by molar-refractivity contribution is 0.0919. The number of amides is 1. The number of hydrogen-bond donors (Lipinski definition) is 2. The molecule has 1 amide bonds. The third-order valence-corrected chi connectivity index (χ3v) is 5.78. The summed E-state index contributed by atoms with van der Waals surface area (Å²) >= 11 is 1.77. The number of nitrogens with one attached hydrogen (secondary N) is 2. The molecule has 3 rings (SSSR count). The highest BCUT2D eigenvalue weighted by atomic mass is 32.1. The highest BCUT2D eigenvalue weighted by Crippen LogP contribution is 2.32. The normalized spacial score (nSPS) is 29.8. The number of thiophene rings is 1. The van der Waals surface area contributed by atoms with Gasteiger partial charge in [-0.05, 0) is 57.1 Å². The van der Waals surface area contributed by atoms with Crippen LogP contribution in [0.1, 0.15) is 53.9 Å². The summed E-state index contributed by atoms with van der Waals surface area (Å²) in [6, 6.07) is 0.650. The van der Waals surface area contributed by atoms with Gasteiger partial charge < -0.3 is 10.6 Å². The smallest absolute Gasteiger partial charge is 0.252 e. The zero-order valence-corrected chi connectivity index (χ0v) is 13.2. The maximum atomic E-state index is 12.5. The second kappa shape index (κ2) is 5.86. The minimum absolute atomic E-state index is 0.137. The summed E-state index contributed by atoms with van der Waals surface area (Å²) in [7, 11) is 0. The summed E-state index contributed by atoms with van der Waals surface area (Å²) in [5.74, 6) is 0.900. The maximum absolute atomic E-state index is 12.5. The molecule has 0 bridgehead atoms. The van der Waals surface area contributed by atoms with E-state index >= 15 is 0 Å². The van der Waals surface area contributed by atoms with Crippen LogP contribution in [-0.4, -0.2) is 24.5 Å². The molecule has 1 aliphatic heterocycles. The van der Waals surface area contributed by atoms with Crippen LogP contribution in [0.3, 0.4) is 0 Å². The molecule has 1 fully saturated rings. The fraction of sp³-hybridized carbons (Fsp3) is 0.688. The lowest BCUT2D eigenvalue weighted by Gasteiger charge is -2.30. The van der Waals surface area contributed by atoms with Crippen LogP contribution in [0.4, 0.5) is 0 Å². The zero-order chi connectivity index (χ0) is 14.1. The van der Waals surface area contributed by atoms with Gasteiger partial charge in [-0.15, -0.1) is 11.3 Å². The molecule has 3 nitrogen and oxygen atoms in total. The predicted octanol–water partition coefficient (Wildman–Crippen LogP) is 2.74. The zero-order valence-electron chi connectivity index (χ0n) is 12.4. The van der Waals surface area contributed by atoms with Gasteiger partial charge in [0.05, 0.1) is 5.56 Å². The molecule has 0 aromatic carbocycles. The average Bonchev–Trinajstić information content (AvgIpc) is 2.84. The standard InChI is InChI=1S/C16H24N2OS/c1-10-5-6-12-13(9-20-15(12)8-10)16(19)18-14-4-3-7-17-11(14)2/h9-11,14,17H,3-8H2,1-2H3,(H,18,19). The van der Waals surface area contributed by atoms with E-state index in [2.05, 4.69) is 29.9 Å². The molecule has 1 aromatic heterocycles. The van der Waals surface area contributed by atoms with Crippen molar-refractivity contribution in [2.24, 2.45) is 5.92 Å². The number of piperidine rings is 1. The van der Waals surface area contributed by atoms with Gasteiger partial charge in [-0.3, -0.25) is 4.79 Å². The van der Waals surface area contributed by atoms with Crippen LogP contribution in [0.15, 0.2) is 5.38 Å². The number of fused-ring (bicyclic) bond motifs is 1. The number of hydrogen-bond acceptors (Lipinski definition) is 3. The topological polar surface area (TPSA) is 41.1 Å². The van der Waals surface area contributed by atoms with Gasteiger partial charge in [-0.25, -0.2) is 0 Å². The first kappa shape index (κ1) is 14.1. The van der Waals surface area contributed by atoms with Gasteiger partial charge in [0.15, 0.2) is 0 Å². The van der Waals surface area contributed by atoms with E-state index in [1.807, 2.05) is 0 Å². The molecule has 0 spiro atoms. The number of carbonyl (C=O) groups is 1. The van der Waals surface area contributed by atoms with Gasteiger partial charge in [0.1, 0.15) is 0 Å². The Balaban J connectivity index is 1.71. The molecule has 1 aromatic rings. The molecule has 110 valence electrons. The summed E-state index contributed by atoms with van der Waals surface area (Å²) in [6.45, 7) is 5.53. The van der Waals surface area contributed by atoms with Crippen molar-refractivity contribution in [2.45, 2.75) is 58.0 Å². The van der Waals surface area contributed by atoms with Crippen LogP contribution in [0.2, 0.25) is 0 Å². The molecular weight excluding hydrogens is 268 g/mol. The minimum Gasteiger partial charge on any atom is -0.348 e. The molecule has 1 aliphatic carbocycles. The summed E-state index contributed by atoms with van der Waals surface area (Å²) < 4.78 is 0. The monoisotopic (exact) mass is 292 g/mol. The van der Waals surface area contributed by atoms with Crippen LogP contribution >= 0.6 is 11.3 Å².